The first-order valence-corrected chi connectivity index (χ1v) is 22.3. The lowest BCUT2D eigenvalue weighted by Gasteiger charge is -2.15. The first kappa shape index (κ1) is 36.3. The summed E-state index contributed by atoms with van der Waals surface area (Å²) in [4.78, 5) is 19.7. The SMILES string of the molecule is c1ccc(-c2nc(-c3cc(-c4ccc5c(c4)c4ccccc4n5-c4cc(-c5ccc6c(c5)sc5ccccc56)c5ccccc5c4)c4ccccc4c3)nc(-c3ccccn3)n2)cc1. The number of hydrogen-bond acceptors (Lipinski definition) is 5. The summed E-state index contributed by atoms with van der Waals surface area (Å²) in [5.74, 6) is 1.73. The molecule has 0 radical (unpaired) electrons. The zero-order valence-corrected chi connectivity index (χ0v) is 35.2. The minimum absolute atomic E-state index is 0.533. The lowest BCUT2D eigenvalue weighted by Crippen LogP contribution is -2.01. The van der Waals surface area contributed by atoms with Gasteiger partial charge in [-0.05, 0) is 111 Å². The number of hydrogen-bond donors (Lipinski definition) is 0. The van der Waals surface area contributed by atoms with Gasteiger partial charge in [-0.25, -0.2) is 15.0 Å². The standard InChI is InChI=1S/C58H35N5S/c1-2-14-36(15-3-1)56-60-57(62-58(61-56)51-22-12-13-29-59-51)41-30-37-16-4-6-18-43(37)48(33-41)39-26-28-53-50(32-39)45-20-8-10-23-52(45)63(53)42-31-38-17-5-7-19-44(38)49(35-42)40-25-27-47-46-21-9-11-24-54(46)64-55(47)34-40/h1-35H. The smallest absolute Gasteiger partial charge is 0.182 e. The van der Waals surface area contributed by atoms with Crippen molar-refractivity contribution in [2.75, 3.05) is 0 Å². The van der Waals surface area contributed by atoms with Gasteiger partial charge in [-0.1, -0.05) is 140 Å². The number of fused-ring (bicyclic) bond motifs is 8. The molecule has 4 aromatic heterocycles. The van der Waals surface area contributed by atoms with Crippen molar-refractivity contribution in [3.05, 3.63) is 212 Å². The van der Waals surface area contributed by atoms with E-state index in [0.29, 0.717) is 23.2 Å². The molecule has 0 unspecified atom stereocenters. The molecule has 298 valence electrons. The van der Waals surface area contributed by atoms with Crippen LogP contribution in [0.25, 0.3) is 126 Å². The van der Waals surface area contributed by atoms with Crippen molar-refractivity contribution >= 4 is 74.9 Å². The summed E-state index contributed by atoms with van der Waals surface area (Å²) in [7, 11) is 0. The molecular formula is C58H35N5S. The van der Waals surface area contributed by atoms with Crippen LogP contribution in [0.1, 0.15) is 0 Å². The molecule has 0 aliphatic carbocycles. The minimum Gasteiger partial charge on any atom is -0.309 e. The van der Waals surface area contributed by atoms with Gasteiger partial charge in [-0.15, -0.1) is 11.3 Å². The fourth-order valence-corrected chi connectivity index (χ4v) is 10.6. The first-order chi connectivity index (χ1) is 31.7. The lowest BCUT2D eigenvalue weighted by atomic mass is 9.94. The zero-order valence-electron chi connectivity index (χ0n) is 34.4. The molecule has 0 saturated heterocycles. The number of pyridine rings is 1. The fourth-order valence-electron chi connectivity index (χ4n) is 9.48. The van der Waals surface area contributed by atoms with Crippen LogP contribution in [0.3, 0.4) is 0 Å². The quantitative estimate of drug-likeness (QED) is 0.167. The van der Waals surface area contributed by atoms with Crippen LogP contribution in [-0.2, 0) is 0 Å². The molecule has 4 heterocycles. The molecule has 0 bridgehead atoms. The van der Waals surface area contributed by atoms with Gasteiger partial charge in [0.05, 0.1) is 11.0 Å². The lowest BCUT2D eigenvalue weighted by molar-refractivity contribution is 1.06. The van der Waals surface area contributed by atoms with Crippen molar-refractivity contribution in [3.8, 4) is 62.2 Å². The summed E-state index contributed by atoms with van der Waals surface area (Å²) < 4.78 is 5.05. The summed E-state index contributed by atoms with van der Waals surface area (Å²) in [5.41, 5.74) is 10.6. The minimum atomic E-state index is 0.533. The van der Waals surface area contributed by atoms with Gasteiger partial charge in [0.25, 0.3) is 0 Å². The van der Waals surface area contributed by atoms with Gasteiger partial charge in [-0.2, -0.15) is 0 Å². The van der Waals surface area contributed by atoms with Crippen LogP contribution in [-0.4, -0.2) is 24.5 Å². The Morgan fingerprint density at radius 2 is 0.953 bits per heavy atom. The van der Waals surface area contributed by atoms with Gasteiger partial charge in [0.1, 0.15) is 5.69 Å². The highest BCUT2D eigenvalue weighted by atomic mass is 32.1. The maximum Gasteiger partial charge on any atom is 0.182 e. The van der Waals surface area contributed by atoms with E-state index in [-0.39, 0.29) is 0 Å². The van der Waals surface area contributed by atoms with E-state index >= 15 is 0 Å². The van der Waals surface area contributed by atoms with Crippen LogP contribution in [0.4, 0.5) is 0 Å². The third kappa shape index (κ3) is 5.99. The molecule has 64 heavy (non-hydrogen) atoms. The molecule has 0 aliphatic rings. The van der Waals surface area contributed by atoms with E-state index < -0.39 is 0 Å². The van der Waals surface area contributed by atoms with E-state index in [1.165, 1.54) is 52.8 Å². The van der Waals surface area contributed by atoms with Crippen LogP contribution in [0.5, 0.6) is 0 Å². The van der Waals surface area contributed by atoms with Crippen LogP contribution >= 0.6 is 11.3 Å². The Bertz CT molecular complexity index is 3910. The van der Waals surface area contributed by atoms with Crippen LogP contribution in [0.15, 0.2) is 212 Å². The molecular weight excluding hydrogens is 799 g/mol. The molecule has 0 fully saturated rings. The van der Waals surface area contributed by atoms with Gasteiger partial charge < -0.3 is 4.57 Å². The van der Waals surface area contributed by atoms with Gasteiger partial charge in [-0.3, -0.25) is 4.98 Å². The average molecular weight is 834 g/mol. The summed E-state index contributed by atoms with van der Waals surface area (Å²) in [6, 6.07) is 73.7. The zero-order chi connectivity index (χ0) is 42.1. The van der Waals surface area contributed by atoms with Crippen molar-refractivity contribution in [1.82, 2.24) is 24.5 Å². The molecule has 0 spiro atoms. The molecule has 9 aromatic carbocycles. The maximum absolute atomic E-state index is 5.09. The summed E-state index contributed by atoms with van der Waals surface area (Å²) in [6.07, 6.45) is 1.77. The molecule has 6 heteroatoms. The third-order valence-electron chi connectivity index (χ3n) is 12.5. The van der Waals surface area contributed by atoms with Gasteiger partial charge in [0.15, 0.2) is 17.5 Å². The topological polar surface area (TPSA) is 56.5 Å². The van der Waals surface area contributed by atoms with Crippen LogP contribution in [0, 0.1) is 0 Å². The molecule has 13 rings (SSSR count). The first-order valence-electron chi connectivity index (χ1n) is 21.4. The van der Waals surface area contributed by atoms with E-state index in [9.17, 15) is 0 Å². The molecule has 0 N–H and O–H groups in total. The molecule has 0 atom stereocenters. The van der Waals surface area contributed by atoms with Crippen molar-refractivity contribution in [1.29, 1.82) is 0 Å². The Morgan fingerprint density at radius 3 is 1.77 bits per heavy atom. The van der Waals surface area contributed by atoms with Gasteiger partial charge >= 0.3 is 0 Å². The van der Waals surface area contributed by atoms with Crippen LogP contribution in [0.2, 0.25) is 0 Å². The van der Waals surface area contributed by atoms with Crippen molar-refractivity contribution in [2.45, 2.75) is 0 Å². The number of rotatable bonds is 6. The number of benzene rings is 9. The van der Waals surface area contributed by atoms with E-state index in [1.54, 1.807) is 6.20 Å². The van der Waals surface area contributed by atoms with E-state index in [1.807, 2.05) is 59.9 Å². The Morgan fingerprint density at radius 1 is 0.344 bits per heavy atom. The average Bonchev–Trinajstić information content (AvgIpc) is 3.91. The Balaban J connectivity index is 0.992. The predicted octanol–water partition coefficient (Wildman–Crippen LogP) is 15.4. The normalized spacial score (nSPS) is 11.8. The maximum atomic E-state index is 5.09. The highest BCUT2D eigenvalue weighted by Gasteiger charge is 2.19. The Kier molecular flexibility index (Phi) is 8.32. The van der Waals surface area contributed by atoms with Crippen molar-refractivity contribution in [3.63, 3.8) is 0 Å². The Labute approximate surface area is 372 Å². The monoisotopic (exact) mass is 833 g/mol. The highest BCUT2D eigenvalue weighted by molar-refractivity contribution is 7.25. The van der Waals surface area contributed by atoms with Gasteiger partial charge in [0.2, 0.25) is 0 Å². The third-order valence-corrected chi connectivity index (χ3v) is 13.6. The highest BCUT2D eigenvalue weighted by Crippen LogP contribution is 2.42. The fraction of sp³-hybridized carbons (Fsp3) is 0. The summed E-state index contributed by atoms with van der Waals surface area (Å²) in [5, 5.41) is 9.72. The van der Waals surface area contributed by atoms with Crippen LogP contribution < -0.4 is 0 Å². The predicted molar refractivity (Wildman–Crippen MR) is 267 cm³/mol. The molecule has 13 aromatic rings. The second-order valence-electron chi connectivity index (χ2n) is 16.2. The van der Waals surface area contributed by atoms with Crippen molar-refractivity contribution in [2.24, 2.45) is 0 Å². The molecule has 5 nitrogen and oxygen atoms in total. The van der Waals surface area contributed by atoms with E-state index in [0.717, 1.165) is 49.7 Å². The largest absolute Gasteiger partial charge is 0.309 e. The molecule has 0 aliphatic heterocycles. The molecule has 0 saturated carbocycles. The number of aromatic nitrogens is 5. The van der Waals surface area contributed by atoms with E-state index in [4.69, 9.17) is 15.0 Å². The second-order valence-corrected chi connectivity index (χ2v) is 17.3. The van der Waals surface area contributed by atoms with Gasteiger partial charge in [0, 0.05) is 54.0 Å². The second kappa shape index (κ2) is 14.7. The van der Waals surface area contributed by atoms with E-state index in [2.05, 4.69) is 167 Å². The summed E-state index contributed by atoms with van der Waals surface area (Å²) >= 11 is 1.86. The number of nitrogens with zero attached hydrogens (tertiary/aromatic N) is 5. The number of para-hydroxylation sites is 1. The Hall–Kier alpha value is -8.32. The number of thiophene rings is 1. The summed E-state index contributed by atoms with van der Waals surface area (Å²) in [6.45, 7) is 0. The molecule has 0 amide bonds. The van der Waals surface area contributed by atoms with Crippen molar-refractivity contribution < 1.29 is 0 Å².